The first-order chi connectivity index (χ1) is 15.0. The fourth-order valence-electron chi connectivity index (χ4n) is 4.49. The number of rotatable bonds is 4. The first-order valence-electron chi connectivity index (χ1n) is 10.3. The maximum absolute atomic E-state index is 14.9. The molecule has 2 saturated heterocycles. The largest absolute Gasteiger partial charge is 0.448 e. The van der Waals surface area contributed by atoms with Crippen LogP contribution in [0.4, 0.5) is 10.1 Å². The molecule has 162 valence electrons. The van der Waals surface area contributed by atoms with E-state index in [2.05, 4.69) is 15.2 Å². The molecule has 1 unspecified atom stereocenters. The number of nitrogens with zero attached hydrogens (tertiary/aromatic N) is 4. The fraction of sp³-hybridized carbons (Fsp3) is 0.429. The predicted molar refractivity (Wildman–Crippen MR) is 106 cm³/mol. The lowest BCUT2D eigenvalue weighted by atomic mass is 10.0. The Kier molecular flexibility index (Phi) is 4.93. The Morgan fingerprint density at radius 3 is 2.68 bits per heavy atom. The highest BCUT2D eigenvalue weighted by Gasteiger charge is 2.39. The van der Waals surface area contributed by atoms with Gasteiger partial charge < -0.3 is 14.2 Å². The highest BCUT2D eigenvalue weighted by atomic mass is 19.1. The molecule has 0 aliphatic carbocycles. The SMILES string of the molecule is O=C1CCC(N2Cc3cc(N4CCN(Cc5ncco5)CC4)c(F)cc3C2=O)C(=O)N1. The van der Waals surface area contributed by atoms with Gasteiger partial charge in [0.05, 0.1) is 18.4 Å². The topological polar surface area (TPSA) is 99.0 Å². The van der Waals surface area contributed by atoms with Crippen molar-refractivity contribution < 1.29 is 23.2 Å². The van der Waals surface area contributed by atoms with Crippen molar-refractivity contribution in [3.05, 3.63) is 47.4 Å². The molecule has 5 rings (SSSR count). The van der Waals surface area contributed by atoms with Crippen LogP contribution in [0.2, 0.25) is 0 Å². The molecular formula is C21H22FN5O4. The number of halogens is 1. The number of carbonyl (C=O) groups is 3. The van der Waals surface area contributed by atoms with Crippen LogP contribution in [-0.2, 0) is 22.7 Å². The molecule has 0 spiro atoms. The average Bonchev–Trinajstić information content (AvgIpc) is 3.37. The number of oxazole rings is 1. The van der Waals surface area contributed by atoms with Gasteiger partial charge >= 0.3 is 0 Å². The number of fused-ring (bicyclic) bond motifs is 1. The second-order valence-electron chi connectivity index (χ2n) is 8.05. The molecule has 3 aliphatic rings. The van der Waals surface area contributed by atoms with Gasteiger partial charge in [0.2, 0.25) is 17.7 Å². The summed E-state index contributed by atoms with van der Waals surface area (Å²) in [6.45, 7) is 3.60. The van der Waals surface area contributed by atoms with E-state index < -0.39 is 17.8 Å². The lowest BCUT2D eigenvalue weighted by Crippen LogP contribution is -2.52. The molecule has 0 saturated carbocycles. The van der Waals surface area contributed by atoms with Crippen LogP contribution >= 0.6 is 0 Å². The van der Waals surface area contributed by atoms with Crippen molar-refractivity contribution in [2.24, 2.45) is 0 Å². The van der Waals surface area contributed by atoms with E-state index in [4.69, 9.17) is 4.42 Å². The zero-order valence-corrected chi connectivity index (χ0v) is 16.8. The van der Waals surface area contributed by atoms with Crippen LogP contribution in [0.25, 0.3) is 0 Å². The van der Waals surface area contributed by atoms with Crippen molar-refractivity contribution in [1.82, 2.24) is 20.1 Å². The van der Waals surface area contributed by atoms with Crippen LogP contribution in [0, 0.1) is 5.82 Å². The van der Waals surface area contributed by atoms with E-state index in [1.54, 1.807) is 18.5 Å². The summed E-state index contributed by atoms with van der Waals surface area (Å²) in [4.78, 5) is 46.2. The Hall–Kier alpha value is -3.27. The van der Waals surface area contributed by atoms with Crippen LogP contribution in [-0.4, -0.2) is 64.7 Å². The molecule has 4 heterocycles. The Balaban J connectivity index is 1.29. The Labute approximate surface area is 177 Å². The first kappa shape index (κ1) is 19.7. The number of anilines is 1. The molecule has 3 amide bonds. The van der Waals surface area contributed by atoms with Gasteiger partial charge in [0.1, 0.15) is 18.1 Å². The summed E-state index contributed by atoms with van der Waals surface area (Å²) >= 11 is 0. The van der Waals surface area contributed by atoms with Crippen molar-refractivity contribution in [3.8, 4) is 0 Å². The minimum Gasteiger partial charge on any atom is -0.448 e. The zero-order chi connectivity index (χ0) is 21.5. The third kappa shape index (κ3) is 3.67. The second-order valence-corrected chi connectivity index (χ2v) is 8.05. The smallest absolute Gasteiger partial charge is 0.255 e. The summed E-state index contributed by atoms with van der Waals surface area (Å²) in [5, 5.41) is 2.28. The van der Waals surface area contributed by atoms with Crippen LogP contribution < -0.4 is 10.2 Å². The second kappa shape index (κ2) is 7.77. The number of hydrogen-bond acceptors (Lipinski definition) is 7. The average molecular weight is 427 g/mol. The molecule has 1 N–H and O–H groups in total. The van der Waals surface area contributed by atoms with Crippen LogP contribution in [0.3, 0.4) is 0 Å². The Bertz CT molecular complexity index is 1030. The van der Waals surface area contributed by atoms with Gasteiger partial charge in [0.25, 0.3) is 5.91 Å². The molecule has 1 atom stereocenters. The van der Waals surface area contributed by atoms with Gasteiger partial charge in [-0.3, -0.25) is 24.6 Å². The molecule has 10 heteroatoms. The number of aromatic nitrogens is 1. The molecule has 0 radical (unpaired) electrons. The Morgan fingerprint density at radius 1 is 1.16 bits per heavy atom. The molecule has 2 fully saturated rings. The van der Waals surface area contributed by atoms with Gasteiger partial charge in [-0.05, 0) is 24.1 Å². The number of amides is 3. The number of benzene rings is 1. The summed E-state index contributed by atoms with van der Waals surface area (Å²) in [6, 6.07) is 2.29. The molecule has 9 nitrogen and oxygen atoms in total. The minimum absolute atomic E-state index is 0.188. The van der Waals surface area contributed by atoms with Gasteiger partial charge in [-0.2, -0.15) is 0 Å². The molecular weight excluding hydrogens is 405 g/mol. The van der Waals surface area contributed by atoms with E-state index in [-0.39, 0.29) is 36.8 Å². The molecule has 1 aromatic carbocycles. The van der Waals surface area contributed by atoms with Gasteiger partial charge in [0.15, 0.2) is 0 Å². The molecule has 31 heavy (non-hydrogen) atoms. The third-order valence-corrected chi connectivity index (χ3v) is 6.15. The number of imide groups is 1. The fourth-order valence-corrected chi connectivity index (χ4v) is 4.49. The summed E-state index contributed by atoms with van der Waals surface area (Å²) in [6.07, 6.45) is 3.63. The number of carbonyl (C=O) groups excluding carboxylic acids is 3. The maximum Gasteiger partial charge on any atom is 0.255 e. The van der Waals surface area contributed by atoms with Gasteiger partial charge in [-0.25, -0.2) is 9.37 Å². The lowest BCUT2D eigenvalue weighted by molar-refractivity contribution is -0.136. The molecule has 0 bridgehead atoms. The number of nitrogens with one attached hydrogen (secondary N) is 1. The summed E-state index contributed by atoms with van der Waals surface area (Å²) in [5.74, 6) is -0.964. The summed E-state index contributed by atoms with van der Waals surface area (Å²) in [5.41, 5.74) is 1.45. The molecule has 1 aromatic heterocycles. The van der Waals surface area contributed by atoms with E-state index in [9.17, 15) is 18.8 Å². The Morgan fingerprint density at radius 2 is 1.97 bits per heavy atom. The van der Waals surface area contributed by atoms with Crippen molar-refractivity contribution in [2.45, 2.75) is 32.0 Å². The van der Waals surface area contributed by atoms with E-state index in [1.807, 2.05) is 4.90 Å². The number of piperidine rings is 1. The van der Waals surface area contributed by atoms with Crippen LogP contribution in [0.5, 0.6) is 0 Å². The van der Waals surface area contributed by atoms with E-state index >= 15 is 0 Å². The standard InChI is InChI=1S/C21H22FN5O4/c22-15-10-14-13(11-27(21(14)30)16-1-2-18(28)24-20(16)29)9-17(15)26-6-4-25(5-7-26)12-19-23-3-8-31-19/h3,8-10,16H,1-2,4-7,11-12H2,(H,24,28,29). The lowest BCUT2D eigenvalue weighted by Gasteiger charge is -2.35. The van der Waals surface area contributed by atoms with Crippen molar-refractivity contribution in [2.75, 3.05) is 31.1 Å². The highest BCUT2D eigenvalue weighted by Crippen LogP contribution is 2.33. The monoisotopic (exact) mass is 427 g/mol. The van der Waals surface area contributed by atoms with E-state index in [0.717, 1.165) is 13.1 Å². The quantitative estimate of drug-likeness (QED) is 0.724. The summed E-state index contributed by atoms with van der Waals surface area (Å²) in [7, 11) is 0. The summed E-state index contributed by atoms with van der Waals surface area (Å²) < 4.78 is 20.2. The third-order valence-electron chi connectivity index (χ3n) is 6.15. The number of hydrogen-bond donors (Lipinski definition) is 1. The first-order valence-corrected chi connectivity index (χ1v) is 10.3. The van der Waals surface area contributed by atoms with Gasteiger partial charge in [-0.15, -0.1) is 0 Å². The van der Waals surface area contributed by atoms with Gasteiger partial charge in [0, 0.05) is 44.7 Å². The number of piperazine rings is 1. The van der Waals surface area contributed by atoms with Crippen LogP contribution in [0.1, 0.15) is 34.7 Å². The molecule has 3 aliphatic heterocycles. The van der Waals surface area contributed by atoms with Crippen molar-refractivity contribution in [1.29, 1.82) is 0 Å². The van der Waals surface area contributed by atoms with Crippen molar-refractivity contribution >= 4 is 23.4 Å². The van der Waals surface area contributed by atoms with E-state index in [1.165, 1.54) is 11.0 Å². The molecule has 2 aromatic rings. The zero-order valence-electron chi connectivity index (χ0n) is 16.8. The highest BCUT2D eigenvalue weighted by molar-refractivity contribution is 6.05. The van der Waals surface area contributed by atoms with E-state index in [0.29, 0.717) is 36.8 Å². The normalized spacial score (nSPS) is 22.1. The minimum atomic E-state index is -0.706. The maximum atomic E-state index is 14.9. The predicted octanol–water partition coefficient (Wildman–Crippen LogP) is 0.897. The van der Waals surface area contributed by atoms with Crippen molar-refractivity contribution in [3.63, 3.8) is 0 Å². The van der Waals surface area contributed by atoms with Crippen LogP contribution in [0.15, 0.2) is 29.0 Å². The van der Waals surface area contributed by atoms with Gasteiger partial charge in [-0.1, -0.05) is 0 Å².